The molecule has 1 aromatic carbocycles. The SMILES string of the molecule is CC1=C/C(=C\NC(c2ccccc2Cl)C2CCCCC2=O)[C@H](C)C=C1. The van der Waals surface area contributed by atoms with E-state index in [0.717, 1.165) is 29.8 Å². The van der Waals surface area contributed by atoms with E-state index in [2.05, 4.69) is 43.6 Å². The number of Topliss-reactive ketones (excluding diaryl/α,β-unsaturated/α-hetero) is 1. The quantitative estimate of drug-likeness (QED) is 0.743. The number of carbonyl (C=O) groups is 1. The van der Waals surface area contributed by atoms with Gasteiger partial charge in [0.05, 0.1) is 6.04 Å². The Kier molecular flexibility index (Phi) is 5.80. The van der Waals surface area contributed by atoms with E-state index in [9.17, 15) is 4.79 Å². The van der Waals surface area contributed by atoms with Gasteiger partial charge in [0.15, 0.2) is 0 Å². The van der Waals surface area contributed by atoms with Crippen LogP contribution in [0, 0.1) is 11.8 Å². The molecule has 0 saturated heterocycles. The van der Waals surface area contributed by atoms with E-state index in [1.54, 1.807) is 0 Å². The minimum atomic E-state index is -0.0687. The second-order valence-corrected chi connectivity index (χ2v) is 7.57. The Bertz CT molecular complexity index is 731. The molecule has 1 fully saturated rings. The van der Waals surface area contributed by atoms with Crippen molar-refractivity contribution < 1.29 is 4.79 Å². The molecule has 0 heterocycles. The van der Waals surface area contributed by atoms with Gasteiger partial charge < -0.3 is 5.32 Å². The second kappa shape index (κ2) is 8.05. The molecule has 1 aromatic rings. The Labute approximate surface area is 155 Å². The van der Waals surface area contributed by atoms with Crippen molar-refractivity contribution in [3.05, 3.63) is 70.4 Å². The summed E-state index contributed by atoms with van der Waals surface area (Å²) in [5, 5.41) is 4.27. The first-order valence-corrected chi connectivity index (χ1v) is 9.54. The van der Waals surface area contributed by atoms with Gasteiger partial charge in [0, 0.05) is 29.5 Å². The van der Waals surface area contributed by atoms with Gasteiger partial charge in [-0.05, 0) is 37.0 Å². The van der Waals surface area contributed by atoms with Crippen molar-refractivity contribution in [1.29, 1.82) is 0 Å². The summed E-state index contributed by atoms with van der Waals surface area (Å²) < 4.78 is 0. The molecule has 0 bridgehead atoms. The summed E-state index contributed by atoms with van der Waals surface area (Å²) in [7, 11) is 0. The zero-order valence-corrected chi connectivity index (χ0v) is 15.7. The lowest BCUT2D eigenvalue weighted by Crippen LogP contribution is -2.33. The number of allylic oxidation sites excluding steroid dienone is 5. The Morgan fingerprint density at radius 3 is 2.84 bits per heavy atom. The van der Waals surface area contributed by atoms with Gasteiger partial charge in [0.2, 0.25) is 0 Å². The monoisotopic (exact) mass is 355 g/mol. The van der Waals surface area contributed by atoms with E-state index in [4.69, 9.17) is 11.6 Å². The molecule has 0 amide bonds. The first-order chi connectivity index (χ1) is 12.1. The molecule has 2 nitrogen and oxygen atoms in total. The fourth-order valence-corrected chi connectivity index (χ4v) is 3.97. The van der Waals surface area contributed by atoms with Crippen LogP contribution in [0.15, 0.2) is 59.8 Å². The molecule has 0 spiro atoms. The van der Waals surface area contributed by atoms with E-state index >= 15 is 0 Å². The molecule has 2 aliphatic carbocycles. The first-order valence-electron chi connectivity index (χ1n) is 9.16. The van der Waals surface area contributed by atoms with Gasteiger partial charge in [-0.25, -0.2) is 0 Å². The van der Waals surface area contributed by atoms with Crippen LogP contribution in [-0.4, -0.2) is 5.78 Å². The number of ketones is 1. The average Bonchev–Trinajstić information content (AvgIpc) is 2.60. The maximum absolute atomic E-state index is 12.6. The molecule has 2 aliphatic rings. The zero-order valence-electron chi connectivity index (χ0n) is 15.0. The van der Waals surface area contributed by atoms with Gasteiger partial charge in [-0.2, -0.15) is 0 Å². The highest BCUT2D eigenvalue weighted by Gasteiger charge is 2.32. The zero-order chi connectivity index (χ0) is 17.8. The summed E-state index contributed by atoms with van der Waals surface area (Å²) in [6.07, 6.45) is 12.4. The van der Waals surface area contributed by atoms with Crippen molar-refractivity contribution in [3.63, 3.8) is 0 Å². The van der Waals surface area contributed by atoms with Crippen LogP contribution >= 0.6 is 11.6 Å². The maximum Gasteiger partial charge on any atom is 0.138 e. The lowest BCUT2D eigenvalue weighted by Gasteiger charge is -2.31. The number of nitrogens with one attached hydrogen (secondary N) is 1. The van der Waals surface area contributed by atoms with E-state index in [1.165, 1.54) is 11.1 Å². The molecule has 0 aromatic heterocycles. The van der Waals surface area contributed by atoms with Crippen molar-refractivity contribution in [2.24, 2.45) is 11.8 Å². The highest BCUT2D eigenvalue weighted by molar-refractivity contribution is 6.31. The highest BCUT2D eigenvalue weighted by atomic mass is 35.5. The summed E-state index contributed by atoms with van der Waals surface area (Å²) in [4.78, 5) is 12.6. The highest BCUT2D eigenvalue weighted by Crippen LogP contribution is 2.35. The summed E-state index contributed by atoms with van der Waals surface area (Å²) in [6, 6.07) is 7.80. The van der Waals surface area contributed by atoms with Gasteiger partial charge in [-0.15, -0.1) is 0 Å². The van der Waals surface area contributed by atoms with Crippen LogP contribution in [0.3, 0.4) is 0 Å². The summed E-state index contributed by atoms with van der Waals surface area (Å²) in [5.41, 5.74) is 3.50. The summed E-state index contributed by atoms with van der Waals surface area (Å²) >= 11 is 6.46. The van der Waals surface area contributed by atoms with Crippen molar-refractivity contribution >= 4 is 17.4 Å². The molecule has 132 valence electrons. The Hall–Kier alpha value is -1.80. The molecule has 3 rings (SSSR count). The average molecular weight is 356 g/mol. The minimum Gasteiger partial charge on any atom is -0.383 e. The lowest BCUT2D eigenvalue weighted by atomic mass is 9.80. The topological polar surface area (TPSA) is 29.1 Å². The summed E-state index contributed by atoms with van der Waals surface area (Å²) in [6.45, 7) is 4.29. The van der Waals surface area contributed by atoms with Crippen LogP contribution in [-0.2, 0) is 4.79 Å². The number of rotatable bonds is 4. The number of hydrogen-bond acceptors (Lipinski definition) is 2. The smallest absolute Gasteiger partial charge is 0.138 e. The van der Waals surface area contributed by atoms with E-state index in [1.807, 2.05) is 24.3 Å². The van der Waals surface area contributed by atoms with Crippen molar-refractivity contribution in [2.45, 2.75) is 45.6 Å². The van der Waals surface area contributed by atoms with Crippen LogP contribution in [0.25, 0.3) is 0 Å². The molecule has 25 heavy (non-hydrogen) atoms. The van der Waals surface area contributed by atoms with Gasteiger partial charge >= 0.3 is 0 Å². The Morgan fingerprint density at radius 2 is 2.08 bits per heavy atom. The van der Waals surface area contributed by atoms with Gasteiger partial charge in [0.1, 0.15) is 5.78 Å². The molecular weight excluding hydrogens is 330 g/mol. The predicted molar refractivity (Wildman–Crippen MR) is 104 cm³/mol. The van der Waals surface area contributed by atoms with Crippen LogP contribution in [0.4, 0.5) is 0 Å². The van der Waals surface area contributed by atoms with Crippen molar-refractivity contribution in [2.75, 3.05) is 0 Å². The van der Waals surface area contributed by atoms with Gasteiger partial charge in [-0.3, -0.25) is 4.79 Å². The van der Waals surface area contributed by atoms with Crippen LogP contribution < -0.4 is 5.32 Å². The first kappa shape index (κ1) is 18.0. The van der Waals surface area contributed by atoms with Crippen LogP contribution in [0.1, 0.15) is 51.1 Å². The standard InChI is InChI=1S/C22H26ClNO/c1-15-11-12-16(2)17(13-15)14-24-22(18-7-3-5-9-20(18)23)19-8-4-6-10-21(19)25/h3,5,7,9,11-14,16,19,22,24H,4,6,8,10H2,1-2H3/b17-14+/t16-,19?,22?/m1/s1. The fraction of sp³-hybridized carbons (Fsp3) is 0.409. The number of carbonyl (C=O) groups excluding carboxylic acids is 1. The third kappa shape index (κ3) is 4.24. The fourth-order valence-electron chi connectivity index (χ4n) is 3.72. The second-order valence-electron chi connectivity index (χ2n) is 7.16. The number of benzene rings is 1. The lowest BCUT2D eigenvalue weighted by molar-refractivity contribution is -0.125. The van der Waals surface area contributed by atoms with Crippen LogP contribution in [0.5, 0.6) is 0 Å². The molecule has 3 heteroatoms. The van der Waals surface area contributed by atoms with Crippen LogP contribution in [0.2, 0.25) is 5.02 Å². The largest absolute Gasteiger partial charge is 0.383 e. The number of hydrogen-bond donors (Lipinski definition) is 1. The molecule has 0 radical (unpaired) electrons. The minimum absolute atomic E-state index is 0.00925. The number of halogens is 1. The molecular formula is C22H26ClNO. The van der Waals surface area contributed by atoms with E-state index < -0.39 is 0 Å². The van der Waals surface area contributed by atoms with Gasteiger partial charge in [0.25, 0.3) is 0 Å². The summed E-state index contributed by atoms with van der Waals surface area (Å²) in [5.74, 6) is 0.709. The van der Waals surface area contributed by atoms with E-state index in [-0.39, 0.29) is 12.0 Å². The predicted octanol–water partition coefficient (Wildman–Crippen LogP) is 5.77. The third-order valence-corrected chi connectivity index (χ3v) is 5.59. The van der Waals surface area contributed by atoms with Gasteiger partial charge in [-0.1, -0.05) is 66.9 Å². The van der Waals surface area contributed by atoms with Crippen molar-refractivity contribution in [3.8, 4) is 0 Å². The molecule has 2 unspecified atom stereocenters. The molecule has 1 N–H and O–H groups in total. The van der Waals surface area contributed by atoms with E-state index in [0.29, 0.717) is 18.1 Å². The Balaban J connectivity index is 1.90. The third-order valence-electron chi connectivity index (χ3n) is 5.24. The van der Waals surface area contributed by atoms with Crippen molar-refractivity contribution in [1.82, 2.24) is 5.32 Å². The Morgan fingerprint density at radius 1 is 1.28 bits per heavy atom. The normalized spacial score (nSPS) is 26.4. The molecule has 3 atom stereocenters. The maximum atomic E-state index is 12.6. The molecule has 1 saturated carbocycles. The molecule has 0 aliphatic heterocycles.